The van der Waals surface area contributed by atoms with Crippen LogP contribution >= 0.6 is 0 Å². The van der Waals surface area contributed by atoms with Crippen molar-refractivity contribution >= 4 is 10.9 Å². The molecule has 1 atom stereocenters. The second kappa shape index (κ2) is 5.51. The highest BCUT2D eigenvalue weighted by Gasteiger charge is 2.10. The molecule has 0 amide bonds. The van der Waals surface area contributed by atoms with Crippen molar-refractivity contribution in [1.82, 2.24) is 4.57 Å². The molecule has 2 heteroatoms. The zero-order valence-corrected chi connectivity index (χ0v) is 11.8. The molecule has 2 N–H and O–H groups in total. The second-order valence-electron chi connectivity index (χ2n) is 5.45. The Labute approximate surface area is 119 Å². The maximum absolute atomic E-state index is 6.00. The first-order valence-corrected chi connectivity index (χ1v) is 7.10. The molecule has 1 unspecified atom stereocenters. The smallest absolute Gasteiger partial charge is 0.0485 e. The average molecular weight is 264 g/mol. The van der Waals surface area contributed by atoms with Crippen molar-refractivity contribution < 1.29 is 0 Å². The van der Waals surface area contributed by atoms with Crippen LogP contribution in [-0.4, -0.2) is 10.6 Å². The summed E-state index contributed by atoms with van der Waals surface area (Å²) in [5.74, 6) is 0. The summed E-state index contributed by atoms with van der Waals surface area (Å²) >= 11 is 0. The highest BCUT2D eigenvalue weighted by molar-refractivity contribution is 5.81. The van der Waals surface area contributed by atoms with Crippen LogP contribution in [0.25, 0.3) is 10.9 Å². The minimum absolute atomic E-state index is 0.175. The molecular formula is C18H20N2. The van der Waals surface area contributed by atoms with E-state index in [9.17, 15) is 0 Å². The molecular weight excluding hydrogens is 244 g/mol. The molecule has 20 heavy (non-hydrogen) atoms. The van der Waals surface area contributed by atoms with Crippen LogP contribution in [0.5, 0.6) is 0 Å². The Hall–Kier alpha value is -2.06. The van der Waals surface area contributed by atoms with Gasteiger partial charge in [0.05, 0.1) is 0 Å². The summed E-state index contributed by atoms with van der Waals surface area (Å²) in [4.78, 5) is 0. The number of nitrogens with two attached hydrogens (primary N) is 1. The molecule has 0 bridgehead atoms. The summed E-state index contributed by atoms with van der Waals surface area (Å²) in [6, 6.07) is 21.6. The van der Waals surface area contributed by atoms with E-state index in [1.807, 2.05) is 0 Å². The van der Waals surface area contributed by atoms with Crippen molar-refractivity contribution in [3.8, 4) is 0 Å². The summed E-state index contributed by atoms with van der Waals surface area (Å²) in [7, 11) is 0. The highest BCUT2D eigenvalue weighted by atomic mass is 15.0. The third kappa shape index (κ3) is 2.61. The summed E-state index contributed by atoms with van der Waals surface area (Å²) in [5, 5.41) is 1.29. The zero-order valence-electron chi connectivity index (χ0n) is 11.8. The fourth-order valence-corrected chi connectivity index (χ4v) is 2.72. The van der Waals surface area contributed by atoms with E-state index in [1.165, 1.54) is 22.2 Å². The third-order valence-electron chi connectivity index (χ3n) is 3.61. The maximum Gasteiger partial charge on any atom is 0.0485 e. The third-order valence-corrected chi connectivity index (χ3v) is 3.61. The normalized spacial score (nSPS) is 12.7. The number of benzene rings is 2. The van der Waals surface area contributed by atoms with Crippen LogP contribution in [-0.2, 0) is 13.0 Å². The summed E-state index contributed by atoms with van der Waals surface area (Å²) in [6.45, 7) is 2.96. The summed E-state index contributed by atoms with van der Waals surface area (Å²) in [6.07, 6.45) is 0.904. The van der Waals surface area contributed by atoms with E-state index in [-0.39, 0.29) is 6.04 Å². The first-order chi connectivity index (χ1) is 9.74. The van der Waals surface area contributed by atoms with Gasteiger partial charge in [-0.05, 0) is 30.0 Å². The number of para-hydroxylation sites is 1. The molecule has 0 saturated carbocycles. The first-order valence-electron chi connectivity index (χ1n) is 7.10. The van der Waals surface area contributed by atoms with Crippen molar-refractivity contribution in [3.05, 3.63) is 71.9 Å². The van der Waals surface area contributed by atoms with Crippen molar-refractivity contribution in [2.75, 3.05) is 0 Å². The minimum Gasteiger partial charge on any atom is -0.340 e. The van der Waals surface area contributed by atoms with Crippen LogP contribution in [0.15, 0.2) is 60.7 Å². The van der Waals surface area contributed by atoms with Gasteiger partial charge >= 0.3 is 0 Å². The molecule has 102 valence electrons. The summed E-state index contributed by atoms with van der Waals surface area (Å²) in [5.41, 5.74) is 9.91. The van der Waals surface area contributed by atoms with Crippen LogP contribution in [0.1, 0.15) is 18.2 Å². The van der Waals surface area contributed by atoms with Gasteiger partial charge in [-0.3, -0.25) is 0 Å². The SMILES string of the molecule is CC(N)Cc1cc2ccccc2n1Cc1ccccc1. The standard InChI is InChI=1S/C18H20N2/c1-14(19)11-17-12-16-9-5-6-10-18(16)20(17)13-15-7-3-2-4-8-15/h2-10,12,14H,11,13,19H2,1H3. The lowest BCUT2D eigenvalue weighted by atomic mass is 10.2. The predicted molar refractivity (Wildman–Crippen MR) is 84.8 cm³/mol. The molecule has 2 nitrogen and oxygen atoms in total. The Kier molecular flexibility index (Phi) is 3.57. The van der Waals surface area contributed by atoms with E-state index in [0.29, 0.717) is 0 Å². The Morgan fingerprint density at radius 1 is 1.00 bits per heavy atom. The Bertz CT molecular complexity index is 696. The lowest BCUT2D eigenvalue weighted by Gasteiger charge is -2.12. The molecule has 3 aromatic rings. The van der Waals surface area contributed by atoms with E-state index in [0.717, 1.165) is 13.0 Å². The van der Waals surface area contributed by atoms with Gasteiger partial charge < -0.3 is 10.3 Å². The lowest BCUT2D eigenvalue weighted by molar-refractivity contribution is 0.676. The van der Waals surface area contributed by atoms with Gasteiger partial charge in [-0.2, -0.15) is 0 Å². The van der Waals surface area contributed by atoms with E-state index < -0.39 is 0 Å². The number of nitrogens with zero attached hydrogens (tertiary/aromatic N) is 1. The molecule has 0 aliphatic heterocycles. The lowest BCUT2D eigenvalue weighted by Crippen LogP contribution is -2.20. The van der Waals surface area contributed by atoms with Crippen LogP contribution in [0.3, 0.4) is 0 Å². The van der Waals surface area contributed by atoms with Crippen LogP contribution in [0.4, 0.5) is 0 Å². The van der Waals surface area contributed by atoms with Crippen molar-refractivity contribution in [2.45, 2.75) is 25.9 Å². The maximum atomic E-state index is 6.00. The van der Waals surface area contributed by atoms with E-state index in [4.69, 9.17) is 5.73 Å². The fourth-order valence-electron chi connectivity index (χ4n) is 2.72. The number of hydrogen-bond acceptors (Lipinski definition) is 1. The first kappa shape index (κ1) is 12.9. The quantitative estimate of drug-likeness (QED) is 0.767. The van der Waals surface area contributed by atoms with Crippen LogP contribution in [0, 0.1) is 0 Å². The Morgan fingerprint density at radius 3 is 2.45 bits per heavy atom. The van der Waals surface area contributed by atoms with Gasteiger partial charge in [0.2, 0.25) is 0 Å². The number of aromatic nitrogens is 1. The molecule has 3 rings (SSSR count). The van der Waals surface area contributed by atoms with E-state index >= 15 is 0 Å². The van der Waals surface area contributed by atoms with Crippen molar-refractivity contribution in [3.63, 3.8) is 0 Å². The number of rotatable bonds is 4. The Balaban J connectivity index is 2.06. The van der Waals surface area contributed by atoms with E-state index in [2.05, 4.69) is 72.2 Å². The topological polar surface area (TPSA) is 30.9 Å². The minimum atomic E-state index is 0.175. The monoisotopic (exact) mass is 264 g/mol. The van der Waals surface area contributed by atoms with Gasteiger partial charge in [0.25, 0.3) is 0 Å². The molecule has 2 aromatic carbocycles. The van der Waals surface area contributed by atoms with Gasteiger partial charge in [0, 0.05) is 30.2 Å². The zero-order chi connectivity index (χ0) is 13.9. The molecule has 0 spiro atoms. The summed E-state index contributed by atoms with van der Waals surface area (Å²) < 4.78 is 2.38. The molecule has 0 radical (unpaired) electrons. The predicted octanol–water partition coefficient (Wildman–Crippen LogP) is 3.58. The van der Waals surface area contributed by atoms with Crippen LogP contribution in [0.2, 0.25) is 0 Å². The van der Waals surface area contributed by atoms with E-state index in [1.54, 1.807) is 0 Å². The molecule has 1 aromatic heterocycles. The molecule has 0 aliphatic carbocycles. The molecule has 0 aliphatic rings. The van der Waals surface area contributed by atoms with Gasteiger partial charge in [-0.1, -0.05) is 48.5 Å². The van der Waals surface area contributed by atoms with Crippen LogP contribution < -0.4 is 5.73 Å². The van der Waals surface area contributed by atoms with Gasteiger partial charge in [-0.25, -0.2) is 0 Å². The highest BCUT2D eigenvalue weighted by Crippen LogP contribution is 2.22. The molecule has 1 heterocycles. The molecule has 0 saturated heterocycles. The number of hydrogen-bond donors (Lipinski definition) is 1. The Morgan fingerprint density at radius 2 is 1.70 bits per heavy atom. The number of fused-ring (bicyclic) bond motifs is 1. The van der Waals surface area contributed by atoms with Crippen molar-refractivity contribution in [2.24, 2.45) is 5.73 Å². The van der Waals surface area contributed by atoms with Crippen molar-refractivity contribution in [1.29, 1.82) is 0 Å². The largest absolute Gasteiger partial charge is 0.340 e. The fraction of sp³-hybridized carbons (Fsp3) is 0.222. The van der Waals surface area contributed by atoms with Gasteiger partial charge in [0.15, 0.2) is 0 Å². The molecule has 0 fully saturated rings. The van der Waals surface area contributed by atoms with Gasteiger partial charge in [0.1, 0.15) is 0 Å². The average Bonchev–Trinajstić information content (AvgIpc) is 2.77. The second-order valence-corrected chi connectivity index (χ2v) is 5.45. The van der Waals surface area contributed by atoms with Gasteiger partial charge in [-0.15, -0.1) is 0 Å².